The van der Waals surface area contributed by atoms with Crippen molar-refractivity contribution in [2.24, 2.45) is 0 Å². The number of hydrogen-bond donors (Lipinski definition) is 1. The zero-order valence-electron chi connectivity index (χ0n) is 13.9. The SMILES string of the molecule is c1ccc(-c2cccc(Nc3cccc(-c4ccccc4)c3)c2)cc1. The molecule has 0 atom stereocenters. The van der Waals surface area contributed by atoms with E-state index in [4.69, 9.17) is 0 Å². The topological polar surface area (TPSA) is 12.0 Å². The summed E-state index contributed by atoms with van der Waals surface area (Å²) in [6.45, 7) is 0. The van der Waals surface area contributed by atoms with Crippen molar-refractivity contribution in [2.75, 3.05) is 5.32 Å². The molecule has 0 heterocycles. The minimum atomic E-state index is 1.09. The fraction of sp³-hybridized carbons (Fsp3) is 0. The lowest BCUT2D eigenvalue weighted by molar-refractivity contribution is 1.53. The first-order valence-electron chi connectivity index (χ1n) is 8.46. The molecule has 120 valence electrons. The smallest absolute Gasteiger partial charge is 0.0390 e. The minimum Gasteiger partial charge on any atom is -0.355 e. The fourth-order valence-corrected chi connectivity index (χ4v) is 2.98. The molecule has 1 nitrogen and oxygen atoms in total. The molecule has 0 spiro atoms. The van der Waals surface area contributed by atoms with Crippen LogP contribution in [0.3, 0.4) is 0 Å². The number of benzene rings is 4. The average molecular weight is 321 g/mol. The first kappa shape index (κ1) is 15.2. The third kappa shape index (κ3) is 3.61. The van der Waals surface area contributed by atoms with E-state index in [1.807, 2.05) is 12.1 Å². The Kier molecular flexibility index (Phi) is 4.30. The maximum atomic E-state index is 3.52. The third-order valence-corrected chi connectivity index (χ3v) is 4.23. The Morgan fingerprint density at radius 3 is 1.20 bits per heavy atom. The van der Waals surface area contributed by atoms with Gasteiger partial charge in [-0.1, -0.05) is 84.9 Å². The predicted octanol–water partition coefficient (Wildman–Crippen LogP) is 6.76. The summed E-state index contributed by atoms with van der Waals surface area (Å²) in [6.07, 6.45) is 0. The highest BCUT2D eigenvalue weighted by Gasteiger charge is 2.02. The summed E-state index contributed by atoms with van der Waals surface area (Å²) in [5.41, 5.74) is 7.06. The van der Waals surface area contributed by atoms with E-state index in [-0.39, 0.29) is 0 Å². The molecule has 1 N–H and O–H groups in total. The second-order valence-corrected chi connectivity index (χ2v) is 6.02. The minimum absolute atomic E-state index is 1.09. The molecule has 0 bridgehead atoms. The molecule has 0 aliphatic carbocycles. The van der Waals surface area contributed by atoms with Gasteiger partial charge in [0.05, 0.1) is 0 Å². The van der Waals surface area contributed by atoms with Gasteiger partial charge in [-0.3, -0.25) is 0 Å². The predicted molar refractivity (Wildman–Crippen MR) is 107 cm³/mol. The Morgan fingerprint density at radius 2 is 0.760 bits per heavy atom. The number of hydrogen-bond acceptors (Lipinski definition) is 1. The van der Waals surface area contributed by atoms with E-state index >= 15 is 0 Å². The van der Waals surface area contributed by atoms with Crippen molar-refractivity contribution in [3.8, 4) is 22.3 Å². The van der Waals surface area contributed by atoms with Crippen LogP contribution in [0.1, 0.15) is 0 Å². The molecule has 0 radical (unpaired) electrons. The summed E-state index contributed by atoms with van der Waals surface area (Å²) in [6, 6.07) is 37.9. The van der Waals surface area contributed by atoms with Gasteiger partial charge >= 0.3 is 0 Å². The van der Waals surface area contributed by atoms with E-state index in [9.17, 15) is 0 Å². The van der Waals surface area contributed by atoms with Crippen LogP contribution in [0.4, 0.5) is 11.4 Å². The average Bonchev–Trinajstić information content (AvgIpc) is 2.70. The highest BCUT2D eigenvalue weighted by molar-refractivity contribution is 5.73. The van der Waals surface area contributed by atoms with Crippen molar-refractivity contribution in [1.29, 1.82) is 0 Å². The molecular weight excluding hydrogens is 302 g/mol. The van der Waals surface area contributed by atoms with Crippen LogP contribution in [0.5, 0.6) is 0 Å². The standard InChI is InChI=1S/C24H19N/c1-3-9-19(10-4-1)21-13-7-15-23(17-21)25-24-16-8-14-22(18-24)20-11-5-2-6-12-20/h1-18,25H. The van der Waals surface area contributed by atoms with Gasteiger partial charge in [0.1, 0.15) is 0 Å². The zero-order valence-corrected chi connectivity index (χ0v) is 13.9. The van der Waals surface area contributed by atoms with Crippen molar-refractivity contribution >= 4 is 11.4 Å². The molecule has 4 aromatic carbocycles. The van der Waals surface area contributed by atoms with Gasteiger partial charge in [-0.05, 0) is 46.5 Å². The Morgan fingerprint density at radius 1 is 0.360 bits per heavy atom. The summed E-state index contributed by atoms with van der Waals surface area (Å²) in [5.74, 6) is 0. The third-order valence-electron chi connectivity index (χ3n) is 4.23. The molecule has 0 aromatic heterocycles. The molecule has 1 heteroatoms. The second-order valence-electron chi connectivity index (χ2n) is 6.02. The van der Waals surface area contributed by atoms with E-state index in [0.717, 1.165) is 11.4 Å². The number of nitrogens with one attached hydrogen (secondary N) is 1. The van der Waals surface area contributed by atoms with Gasteiger partial charge in [-0.15, -0.1) is 0 Å². The van der Waals surface area contributed by atoms with Crippen LogP contribution in [-0.4, -0.2) is 0 Å². The lowest BCUT2D eigenvalue weighted by Crippen LogP contribution is -1.91. The first-order chi connectivity index (χ1) is 12.4. The highest BCUT2D eigenvalue weighted by Crippen LogP contribution is 2.27. The van der Waals surface area contributed by atoms with E-state index < -0.39 is 0 Å². The van der Waals surface area contributed by atoms with Crippen LogP contribution in [0.2, 0.25) is 0 Å². The van der Waals surface area contributed by atoms with Gasteiger partial charge in [-0.25, -0.2) is 0 Å². The van der Waals surface area contributed by atoms with Crippen molar-refractivity contribution in [1.82, 2.24) is 0 Å². The first-order valence-corrected chi connectivity index (χ1v) is 8.46. The highest BCUT2D eigenvalue weighted by atomic mass is 14.9. The summed E-state index contributed by atoms with van der Waals surface area (Å²) in [5, 5.41) is 3.52. The second kappa shape index (κ2) is 7.06. The maximum Gasteiger partial charge on any atom is 0.0390 e. The van der Waals surface area contributed by atoms with Crippen LogP contribution in [-0.2, 0) is 0 Å². The largest absolute Gasteiger partial charge is 0.355 e. The van der Waals surface area contributed by atoms with Crippen LogP contribution < -0.4 is 5.32 Å². The van der Waals surface area contributed by atoms with Crippen molar-refractivity contribution in [3.63, 3.8) is 0 Å². The molecular formula is C24H19N. The lowest BCUT2D eigenvalue weighted by Gasteiger charge is -2.10. The van der Waals surface area contributed by atoms with E-state index in [1.54, 1.807) is 0 Å². The van der Waals surface area contributed by atoms with E-state index in [1.165, 1.54) is 22.3 Å². The maximum absolute atomic E-state index is 3.52. The Balaban J connectivity index is 1.61. The van der Waals surface area contributed by atoms with Crippen LogP contribution in [0, 0.1) is 0 Å². The van der Waals surface area contributed by atoms with Gasteiger partial charge in [0.15, 0.2) is 0 Å². The van der Waals surface area contributed by atoms with E-state index in [2.05, 4.69) is 102 Å². The van der Waals surface area contributed by atoms with Crippen LogP contribution >= 0.6 is 0 Å². The molecule has 4 aromatic rings. The summed E-state index contributed by atoms with van der Waals surface area (Å²) in [4.78, 5) is 0. The van der Waals surface area contributed by atoms with Gasteiger partial charge in [0.2, 0.25) is 0 Å². The van der Waals surface area contributed by atoms with Gasteiger partial charge in [0.25, 0.3) is 0 Å². The molecule has 0 unspecified atom stereocenters. The molecule has 4 rings (SSSR count). The van der Waals surface area contributed by atoms with Crippen molar-refractivity contribution < 1.29 is 0 Å². The number of anilines is 2. The van der Waals surface area contributed by atoms with Gasteiger partial charge in [-0.2, -0.15) is 0 Å². The molecule has 0 aliphatic rings. The molecule has 0 amide bonds. The molecule has 25 heavy (non-hydrogen) atoms. The van der Waals surface area contributed by atoms with Gasteiger partial charge < -0.3 is 5.32 Å². The van der Waals surface area contributed by atoms with E-state index in [0.29, 0.717) is 0 Å². The summed E-state index contributed by atoms with van der Waals surface area (Å²) < 4.78 is 0. The Bertz CT molecular complexity index is 878. The number of rotatable bonds is 4. The van der Waals surface area contributed by atoms with Gasteiger partial charge in [0, 0.05) is 11.4 Å². The van der Waals surface area contributed by atoms with Crippen molar-refractivity contribution in [3.05, 3.63) is 109 Å². The van der Waals surface area contributed by atoms with Crippen LogP contribution in [0.25, 0.3) is 22.3 Å². The lowest BCUT2D eigenvalue weighted by atomic mass is 10.0. The molecule has 0 fully saturated rings. The van der Waals surface area contributed by atoms with Crippen LogP contribution in [0.15, 0.2) is 109 Å². The Hall–Kier alpha value is -3.32. The molecule has 0 saturated carbocycles. The fourth-order valence-electron chi connectivity index (χ4n) is 2.98. The monoisotopic (exact) mass is 321 g/mol. The molecule has 0 saturated heterocycles. The zero-order chi connectivity index (χ0) is 16.9. The molecule has 0 aliphatic heterocycles. The summed E-state index contributed by atoms with van der Waals surface area (Å²) >= 11 is 0. The Labute approximate surface area is 148 Å². The quantitative estimate of drug-likeness (QED) is 0.437. The normalized spacial score (nSPS) is 10.4. The summed E-state index contributed by atoms with van der Waals surface area (Å²) in [7, 11) is 0. The van der Waals surface area contributed by atoms with Crippen molar-refractivity contribution in [2.45, 2.75) is 0 Å².